The van der Waals surface area contributed by atoms with E-state index >= 15 is 0 Å². The number of carbonyl (C=O) groups excluding carboxylic acids is 2. The van der Waals surface area contributed by atoms with Crippen LogP contribution in [0.5, 0.6) is 0 Å². The van der Waals surface area contributed by atoms with Gasteiger partial charge in [0.25, 0.3) is 0 Å². The molecule has 0 radical (unpaired) electrons. The molecule has 1 aromatic rings. The zero-order valence-corrected chi connectivity index (χ0v) is 14.9. The number of aromatic nitrogens is 1. The van der Waals surface area contributed by atoms with E-state index in [1.54, 1.807) is 13.0 Å². The lowest BCUT2D eigenvalue weighted by Gasteiger charge is -2.30. The van der Waals surface area contributed by atoms with Gasteiger partial charge in [-0.3, -0.25) is 19.8 Å². The Bertz CT molecular complexity index is 577. The number of hydrogen-bond donors (Lipinski definition) is 1. The maximum atomic E-state index is 12.2. The molecule has 1 aromatic heterocycles. The number of piperidine rings is 1. The molecule has 2 heterocycles. The van der Waals surface area contributed by atoms with Crippen molar-refractivity contribution < 1.29 is 18.8 Å². The fourth-order valence-corrected chi connectivity index (χ4v) is 2.72. The van der Waals surface area contributed by atoms with Gasteiger partial charge in [0.1, 0.15) is 0 Å². The van der Waals surface area contributed by atoms with Crippen LogP contribution < -0.4 is 5.32 Å². The number of amides is 1. The van der Waals surface area contributed by atoms with Gasteiger partial charge in [0.05, 0.1) is 24.8 Å². The normalized spacial score (nSPS) is 19.1. The molecule has 1 saturated heterocycles. The first kappa shape index (κ1) is 18.4. The van der Waals surface area contributed by atoms with Gasteiger partial charge >= 0.3 is 5.97 Å². The number of anilines is 1. The average molecular weight is 337 g/mol. The van der Waals surface area contributed by atoms with Gasteiger partial charge in [0, 0.05) is 18.0 Å². The van der Waals surface area contributed by atoms with Crippen LogP contribution in [-0.2, 0) is 19.7 Å². The molecule has 1 atom stereocenters. The first-order chi connectivity index (χ1) is 11.3. The van der Waals surface area contributed by atoms with E-state index < -0.39 is 0 Å². The lowest BCUT2D eigenvalue weighted by atomic mass is 9.92. The van der Waals surface area contributed by atoms with Gasteiger partial charge in [-0.1, -0.05) is 25.9 Å². The smallest absolute Gasteiger partial charge is 0.310 e. The number of carbonyl (C=O) groups is 2. The van der Waals surface area contributed by atoms with E-state index in [4.69, 9.17) is 9.26 Å². The highest BCUT2D eigenvalue weighted by Crippen LogP contribution is 2.23. The quantitative estimate of drug-likeness (QED) is 0.829. The number of nitrogens with one attached hydrogen (secondary N) is 1. The second kappa shape index (κ2) is 7.79. The molecule has 24 heavy (non-hydrogen) atoms. The zero-order chi connectivity index (χ0) is 17.7. The first-order valence-corrected chi connectivity index (χ1v) is 8.45. The highest BCUT2D eigenvalue weighted by molar-refractivity contribution is 5.91. The molecule has 1 fully saturated rings. The highest BCUT2D eigenvalue weighted by Gasteiger charge is 2.28. The third kappa shape index (κ3) is 5.06. The molecule has 0 spiro atoms. The van der Waals surface area contributed by atoms with E-state index in [0.29, 0.717) is 19.0 Å². The van der Waals surface area contributed by atoms with Crippen LogP contribution in [0.2, 0.25) is 0 Å². The van der Waals surface area contributed by atoms with Crippen LogP contribution in [0.3, 0.4) is 0 Å². The van der Waals surface area contributed by atoms with Crippen LogP contribution >= 0.6 is 0 Å². The Labute approximate surface area is 142 Å². The molecular formula is C17H27N3O4. The van der Waals surface area contributed by atoms with E-state index in [2.05, 4.69) is 10.5 Å². The zero-order valence-electron chi connectivity index (χ0n) is 14.9. The molecule has 0 saturated carbocycles. The molecule has 1 aliphatic heterocycles. The molecule has 0 aliphatic carbocycles. The molecule has 1 N–H and O–H groups in total. The molecule has 134 valence electrons. The van der Waals surface area contributed by atoms with Crippen molar-refractivity contribution in [2.75, 3.05) is 31.6 Å². The lowest BCUT2D eigenvalue weighted by Crippen LogP contribution is -2.43. The molecule has 7 heteroatoms. The largest absolute Gasteiger partial charge is 0.466 e. The van der Waals surface area contributed by atoms with Gasteiger partial charge in [-0.25, -0.2) is 0 Å². The highest BCUT2D eigenvalue weighted by atomic mass is 16.5. The Morgan fingerprint density at radius 3 is 2.83 bits per heavy atom. The Balaban J connectivity index is 1.85. The summed E-state index contributed by atoms with van der Waals surface area (Å²) in [4.78, 5) is 26.0. The van der Waals surface area contributed by atoms with Crippen LogP contribution in [0.25, 0.3) is 0 Å². The topological polar surface area (TPSA) is 84.7 Å². The third-order valence-electron chi connectivity index (χ3n) is 4.03. The molecule has 2 rings (SSSR count). The maximum Gasteiger partial charge on any atom is 0.310 e. The van der Waals surface area contributed by atoms with Crippen LogP contribution in [0.1, 0.15) is 46.2 Å². The van der Waals surface area contributed by atoms with E-state index in [1.807, 2.05) is 25.7 Å². The number of rotatable bonds is 5. The van der Waals surface area contributed by atoms with Gasteiger partial charge in [0.15, 0.2) is 0 Å². The van der Waals surface area contributed by atoms with Crippen molar-refractivity contribution in [1.82, 2.24) is 10.1 Å². The van der Waals surface area contributed by atoms with Gasteiger partial charge < -0.3 is 9.26 Å². The predicted molar refractivity (Wildman–Crippen MR) is 89.6 cm³/mol. The van der Waals surface area contributed by atoms with Crippen molar-refractivity contribution in [3.8, 4) is 0 Å². The predicted octanol–water partition coefficient (Wildman–Crippen LogP) is 2.19. The second-order valence-electron chi connectivity index (χ2n) is 7.20. The van der Waals surface area contributed by atoms with Crippen molar-refractivity contribution in [3.05, 3.63) is 11.8 Å². The summed E-state index contributed by atoms with van der Waals surface area (Å²) in [5, 5.41) is 6.70. The monoisotopic (exact) mass is 337 g/mol. The molecule has 1 amide bonds. The number of hydrogen-bond acceptors (Lipinski definition) is 6. The SMILES string of the molecule is CCOC(=O)[C@H]1CCCN(CC(=O)Nc2cc(C(C)(C)C)no2)C1. The summed E-state index contributed by atoms with van der Waals surface area (Å²) in [7, 11) is 0. The minimum absolute atomic E-state index is 0.133. The Morgan fingerprint density at radius 2 is 2.21 bits per heavy atom. The van der Waals surface area contributed by atoms with Crippen LogP contribution in [0, 0.1) is 5.92 Å². The van der Waals surface area contributed by atoms with Crippen LogP contribution in [0.15, 0.2) is 10.6 Å². The summed E-state index contributed by atoms with van der Waals surface area (Å²) < 4.78 is 10.2. The maximum absolute atomic E-state index is 12.2. The Hall–Kier alpha value is -1.89. The van der Waals surface area contributed by atoms with Gasteiger partial charge in [-0.05, 0) is 26.3 Å². The minimum atomic E-state index is -0.173. The Morgan fingerprint density at radius 1 is 1.46 bits per heavy atom. The number of esters is 1. The average Bonchev–Trinajstić information content (AvgIpc) is 2.96. The summed E-state index contributed by atoms with van der Waals surface area (Å²) in [5.41, 5.74) is 0.657. The Kier molecular flexibility index (Phi) is 5.99. The molecule has 7 nitrogen and oxygen atoms in total. The minimum Gasteiger partial charge on any atom is -0.466 e. The summed E-state index contributed by atoms with van der Waals surface area (Å²) in [5.74, 6) is -0.142. The first-order valence-electron chi connectivity index (χ1n) is 8.45. The van der Waals surface area contributed by atoms with Crippen LogP contribution in [-0.4, -0.2) is 48.2 Å². The van der Waals surface area contributed by atoms with Gasteiger partial charge in [0.2, 0.25) is 11.8 Å². The van der Waals surface area contributed by atoms with E-state index in [0.717, 1.165) is 25.1 Å². The van der Waals surface area contributed by atoms with Gasteiger partial charge in [-0.15, -0.1) is 0 Å². The van der Waals surface area contributed by atoms with Crippen molar-refractivity contribution in [2.45, 2.75) is 46.0 Å². The van der Waals surface area contributed by atoms with Crippen molar-refractivity contribution in [1.29, 1.82) is 0 Å². The van der Waals surface area contributed by atoms with Gasteiger partial charge in [-0.2, -0.15) is 0 Å². The summed E-state index contributed by atoms with van der Waals surface area (Å²) in [6, 6.07) is 1.75. The lowest BCUT2D eigenvalue weighted by molar-refractivity contribution is -0.150. The van der Waals surface area contributed by atoms with Crippen molar-refractivity contribution in [3.63, 3.8) is 0 Å². The summed E-state index contributed by atoms with van der Waals surface area (Å²) in [6.07, 6.45) is 1.70. The number of likely N-dealkylation sites (tertiary alicyclic amines) is 1. The molecule has 0 unspecified atom stereocenters. The summed E-state index contributed by atoms with van der Waals surface area (Å²) in [6.45, 7) is 9.84. The van der Waals surface area contributed by atoms with E-state index in [9.17, 15) is 9.59 Å². The molecule has 0 aromatic carbocycles. The number of ether oxygens (including phenoxy) is 1. The fraction of sp³-hybridized carbons (Fsp3) is 0.706. The summed E-state index contributed by atoms with van der Waals surface area (Å²) >= 11 is 0. The van der Waals surface area contributed by atoms with Crippen LogP contribution in [0.4, 0.5) is 5.88 Å². The molecule has 1 aliphatic rings. The molecular weight excluding hydrogens is 310 g/mol. The van der Waals surface area contributed by atoms with Crippen molar-refractivity contribution in [2.24, 2.45) is 5.92 Å². The standard InChI is InChI=1S/C17H27N3O4/c1-5-23-16(22)12-7-6-8-20(10-12)11-14(21)18-15-9-13(19-24-15)17(2,3)4/h9,12H,5-8,10-11H2,1-4H3,(H,18,21)/t12-/m0/s1. The van der Waals surface area contributed by atoms with Crippen molar-refractivity contribution >= 4 is 17.8 Å². The molecule has 0 bridgehead atoms. The third-order valence-corrected chi connectivity index (χ3v) is 4.03. The van der Waals surface area contributed by atoms with E-state index in [1.165, 1.54) is 0 Å². The number of nitrogens with zero attached hydrogens (tertiary/aromatic N) is 2. The van der Waals surface area contributed by atoms with E-state index in [-0.39, 0.29) is 29.8 Å². The fourth-order valence-electron chi connectivity index (χ4n) is 2.72. The second-order valence-corrected chi connectivity index (χ2v) is 7.20.